The summed E-state index contributed by atoms with van der Waals surface area (Å²) < 4.78 is 0. The van der Waals surface area contributed by atoms with E-state index in [9.17, 15) is 5.11 Å². The Bertz CT molecular complexity index is 390. The molecule has 17 heavy (non-hydrogen) atoms. The van der Waals surface area contributed by atoms with Crippen LogP contribution in [0.25, 0.3) is 0 Å². The SMILES string of the molecule is Cc1cc(CO)cc(N2CCC(C(C)C)C2)n1. The van der Waals surface area contributed by atoms with Crippen molar-refractivity contribution in [2.24, 2.45) is 11.8 Å². The number of pyridine rings is 1. The molecule has 1 fully saturated rings. The molecule has 0 aromatic carbocycles. The molecule has 1 N–H and O–H groups in total. The van der Waals surface area contributed by atoms with Crippen LogP contribution in [0.4, 0.5) is 5.82 Å². The minimum absolute atomic E-state index is 0.0950. The molecule has 1 aromatic rings. The van der Waals surface area contributed by atoms with Crippen molar-refractivity contribution >= 4 is 5.82 Å². The molecule has 0 radical (unpaired) electrons. The van der Waals surface area contributed by atoms with E-state index in [0.29, 0.717) is 0 Å². The summed E-state index contributed by atoms with van der Waals surface area (Å²) in [7, 11) is 0. The number of nitrogens with zero attached hydrogens (tertiary/aromatic N) is 2. The molecule has 0 saturated carbocycles. The Labute approximate surface area is 103 Å². The van der Waals surface area contributed by atoms with Crippen LogP contribution in [0.3, 0.4) is 0 Å². The summed E-state index contributed by atoms with van der Waals surface area (Å²) in [6.07, 6.45) is 1.25. The van der Waals surface area contributed by atoms with E-state index in [2.05, 4.69) is 23.7 Å². The molecule has 0 amide bonds. The first-order chi connectivity index (χ1) is 8.10. The van der Waals surface area contributed by atoms with Crippen LogP contribution in [0.5, 0.6) is 0 Å². The minimum Gasteiger partial charge on any atom is -0.392 e. The lowest BCUT2D eigenvalue weighted by molar-refractivity contribution is 0.281. The van der Waals surface area contributed by atoms with Crippen LogP contribution in [0, 0.1) is 18.8 Å². The third kappa shape index (κ3) is 2.78. The molecule has 1 aromatic heterocycles. The first-order valence-corrected chi connectivity index (χ1v) is 6.43. The van der Waals surface area contributed by atoms with Crippen LogP contribution >= 0.6 is 0 Å². The molecule has 1 unspecified atom stereocenters. The number of anilines is 1. The molecule has 3 nitrogen and oxygen atoms in total. The van der Waals surface area contributed by atoms with Gasteiger partial charge in [-0.3, -0.25) is 0 Å². The minimum atomic E-state index is 0.0950. The standard InChI is InChI=1S/C14H22N2O/c1-10(2)13-4-5-16(8-13)14-7-12(9-17)6-11(3)15-14/h6-7,10,13,17H,4-5,8-9H2,1-3H3. The van der Waals surface area contributed by atoms with Crippen LogP contribution in [0.15, 0.2) is 12.1 Å². The van der Waals surface area contributed by atoms with Crippen LogP contribution in [0.2, 0.25) is 0 Å². The van der Waals surface area contributed by atoms with Gasteiger partial charge in [0.05, 0.1) is 6.61 Å². The van der Waals surface area contributed by atoms with Gasteiger partial charge in [0.25, 0.3) is 0 Å². The van der Waals surface area contributed by atoms with Crippen molar-refractivity contribution in [3.05, 3.63) is 23.4 Å². The lowest BCUT2D eigenvalue weighted by Crippen LogP contribution is -2.22. The van der Waals surface area contributed by atoms with Gasteiger partial charge in [-0.15, -0.1) is 0 Å². The molecular formula is C14H22N2O. The van der Waals surface area contributed by atoms with E-state index in [1.165, 1.54) is 6.42 Å². The number of aryl methyl sites for hydroxylation is 1. The quantitative estimate of drug-likeness (QED) is 0.872. The van der Waals surface area contributed by atoms with E-state index in [-0.39, 0.29) is 6.61 Å². The topological polar surface area (TPSA) is 36.4 Å². The lowest BCUT2D eigenvalue weighted by atomic mass is 9.95. The Hall–Kier alpha value is -1.09. The van der Waals surface area contributed by atoms with Gasteiger partial charge in [0.1, 0.15) is 5.82 Å². The van der Waals surface area contributed by atoms with Crippen molar-refractivity contribution in [3.63, 3.8) is 0 Å². The molecule has 0 bridgehead atoms. The second-order valence-electron chi connectivity index (χ2n) is 5.37. The highest BCUT2D eigenvalue weighted by atomic mass is 16.3. The second kappa shape index (κ2) is 5.05. The summed E-state index contributed by atoms with van der Waals surface area (Å²) in [6.45, 7) is 8.84. The van der Waals surface area contributed by atoms with Crippen LogP contribution in [0.1, 0.15) is 31.5 Å². The van der Waals surface area contributed by atoms with Crippen molar-refractivity contribution in [2.75, 3.05) is 18.0 Å². The van der Waals surface area contributed by atoms with E-state index in [4.69, 9.17) is 0 Å². The second-order valence-corrected chi connectivity index (χ2v) is 5.37. The molecule has 1 saturated heterocycles. The average Bonchev–Trinajstić information content (AvgIpc) is 2.77. The zero-order chi connectivity index (χ0) is 12.4. The van der Waals surface area contributed by atoms with Crippen LogP contribution < -0.4 is 4.90 Å². The highest BCUT2D eigenvalue weighted by molar-refractivity contribution is 5.43. The average molecular weight is 234 g/mol. The molecule has 2 rings (SSSR count). The maximum atomic E-state index is 9.22. The van der Waals surface area contributed by atoms with Gasteiger partial charge in [0.2, 0.25) is 0 Å². The summed E-state index contributed by atoms with van der Waals surface area (Å²) in [5.74, 6) is 2.54. The van der Waals surface area contributed by atoms with Crippen LogP contribution in [-0.2, 0) is 6.61 Å². The summed E-state index contributed by atoms with van der Waals surface area (Å²) >= 11 is 0. The fourth-order valence-corrected chi connectivity index (χ4v) is 2.51. The highest BCUT2D eigenvalue weighted by Gasteiger charge is 2.25. The van der Waals surface area contributed by atoms with Gasteiger partial charge in [-0.1, -0.05) is 13.8 Å². The predicted octanol–water partition coefficient (Wildman–Crippen LogP) is 2.36. The Kier molecular flexibility index (Phi) is 3.67. The van der Waals surface area contributed by atoms with E-state index in [1.54, 1.807) is 0 Å². The smallest absolute Gasteiger partial charge is 0.129 e. The summed E-state index contributed by atoms with van der Waals surface area (Å²) in [5, 5.41) is 9.22. The molecule has 2 heterocycles. The monoisotopic (exact) mass is 234 g/mol. The number of aliphatic hydroxyl groups excluding tert-OH is 1. The summed E-state index contributed by atoms with van der Waals surface area (Å²) in [5.41, 5.74) is 1.94. The third-order valence-corrected chi connectivity index (χ3v) is 3.67. The maximum Gasteiger partial charge on any atom is 0.129 e. The molecule has 1 aliphatic rings. The number of hydrogen-bond donors (Lipinski definition) is 1. The largest absolute Gasteiger partial charge is 0.392 e. The Morgan fingerprint density at radius 3 is 2.82 bits per heavy atom. The number of rotatable bonds is 3. The van der Waals surface area contributed by atoms with Crippen molar-refractivity contribution < 1.29 is 5.11 Å². The van der Waals surface area contributed by atoms with Gasteiger partial charge in [-0.25, -0.2) is 4.98 Å². The summed E-state index contributed by atoms with van der Waals surface area (Å²) in [4.78, 5) is 6.92. The van der Waals surface area contributed by atoms with Gasteiger partial charge in [0, 0.05) is 18.8 Å². The third-order valence-electron chi connectivity index (χ3n) is 3.67. The first kappa shape index (κ1) is 12.4. The Morgan fingerprint density at radius 2 is 2.24 bits per heavy atom. The number of aromatic nitrogens is 1. The highest BCUT2D eigenvalue weighted by Crippen LogP contribution is 2.27. The zero-order valence-electron chi connectivity index (χ0n) is 11.0. The molecule has 1 atom stereocenters. The fourth-order valence-electron chi connectivity index (χ4n) is 2.51. The van der Waals surface area contributed by atoms with E-state index < -0.39 is 0 Å². The number of hydrogen-bond acceptors (Lipinski definition) is 3. The lowest BCUT2D eigenvalue weighted by Gasteiger charge is -2.20. The molecular weight excluding hydrogens is 212 g/mol. The van der Waals surface area contributed by atoms with Crippen LogP contribution in [-0.4, -0.2) is 23.2 Å². The Balaban J connectivity index is 2.15. The van der Waals surface area contributed by atoms with Crippen molar-refractivity contribution in [1.82, 2.24) is 4.98 Å². The Morgan fingerprint density at radius 1 is 1.47 bits per heavy atom. The first-order valence-electron chi connectivity index (χ1n) is 6.43. The molecule has 0 aliphatic carbocycles. The van der Waals surface area contributed by atoms with Gasteiger partial charge in [-0.05, 0) is 42.9 Å². The molecule has 0 spiro atoms. The molecule has 1 aliphatic heterocycles. The van der Waals surface area contributed by atoms with Crippen molar-refractivity contribution in [1.29, 1.82) is 0 Å². The van der Waals surface area contributed by atoms with E-state index >= 15 is 0 Å². The normalized spacial score (nSPS) is 20.3. The van der Waals surface area contributed by atoms with Gasteiger partial charge in [-0.2, -0.15) is 0 Å². The summed E-state index contributed by atoms with van der Waals surface area (Å²) in [6, 6.07) is 3.95. The number of aliphatic hydroxyl groups is 1. The van der Waals surface area contributed by atoms with Gasteiger partial charge >= 0.3 is 0 Å². The molecule has 94 valence electrons. The fraction of sp³-hybridized carbons (Fsp3) is 0.643. The predicted molar refractivity (Wildman–Crippen MR) is 70.1 cm³/mol. The van der Waals surface area contributed by atoms with E-state index in [1.807, 2.05) is 19.1 Å². The van der Waals surface area contributed by atoms with E-state index in [0.717, 1.165) is 42.0 Å². The van der Waals surface area contributed by atoms with Gasteiger partial charge in [0.15, 0.2) is 0 Å². The zero-order valence-corrected chi connectivity index (χ0v) is 11.0. The van der Waals surface area contributed by atoms with Crippen molar-refractivity contribution in [2.45, 2.75) is 33.8 Å². The van der Waals surface area contributed by atoms with Gasteiger partial charge < -0.3 is 10.0 Å². The maximum absolute atomic E-state index is 9.22. The molecule has 3 heteroatoms. The van der Waals surface area contributed by atoms with Crippen molar-refractivity contribution in [3.8, 4) is 0 Å².